The van der Waals surface area contributed by atoms with E-state index in [9.17, 15) is 9.18 Å². The molecule has 0 N–H and O–H groups in total. The fraction of sp³-hybridized carbons (Fsp3) is 0.0714. The van der Waals surface area contributed by atoms with Gasteiger partial charge in [-0.3, -0.25) is 4.79 Å². The lowest BCUT2D eigenvalue weighted by molar-refractivity contribution is 0.0992. The summed E-state index contributed by atoms with van der Waals surface area (Å²) in [5.74, 6) is -0.568. The van der Waals surface area contributed by atoms with E-state index >= 15 is 0 Å². The van der Waals surface area contributed by atoms with Gasteiger partial charge in [-0.15, -0.1) is 0 Å². The normalized spacial score (nSPS) is 10.4. The number of hydrogen-bond acceptors (Lipinski definition) is 1. The zero-order chi connectivity index (χ0) is 13.1. The zero-order valence-corrected chi connectivity index (χ0v) is 11.6. The minimum Gasteiger partial charge on any atom is -0.294 e. The summed E-state index contributed by atoms with van der Waals surface area (Å²) in [4.78, 5) is 12.0. The van der Waals surface area contributed by atoms with Crippen molar-refractivity contribution < 1.29 is 9.18 Å². The second kappa shape index (κ2) is 5.63. The molecule has 0 heterocycles. The Morgan fingerprint density at radius 2 is 2.00 bits per heavy atom. The number of carbonyl (C=O) groups is 1. The molecular formula is C14H9BrClFO. The standard InChI is InChI=1S/C14H9BrClFO/c15-11-5-4-9(13(16)8-11)7-14(18)10-2-1-3-12(17)6-10/h1-6,8H,7H2. The van der Waals surface area contributed by atoms with Crippen molar-refractivity contribution in [3.8, 4) is 0 Å². The number of ketones is 1. The van der Waals surface area contributed by atoms with Crippen molar-refractivity contribution in [3.05, 3.63) is 68.9 Å². The number of halogens is 3. The van der Waals surface area contributed by atoms with Crippen LogP contribution in [0.5, 0.6) is 0 Å². The second-order valence-electron chi connectivity index (χ2n) is 3.85. The molecule has 2 rings (SSSR count). The molecule has 0 aliphatic carbocycles. The van der Waals surface area contributed by atoms with Crippen LogP contribution in [0.15, 0.2) is 46.9 Å². The smallest absolute Gasteiger partial charge is 0.167 e. The fourth-order valence-corrected chi connectivity index (χ4v) is 2.34. The Morgan fingerprint density at radius 1 is 1.22 bits per heavy atom. The van der Waals surface area contributed by atoms with Crippen molar-refractivity contribution in [2.24, 2.45) is 0 Å². The minimum absolute atomic E-state index is 0.154. The molecule has 0 aliphatic heterocycles. The number of carbonyl (C=O) groups excluding carboxylic acids is 1. The van der Waals surface area contributed by atoms with Gasteiger partial charge in [0.1, 0.15) is 5.82 Å². The van der Waals surface area contributed by atoms with E-state index in [2.05, 4.69) is 15.9 Å². The van der Waals surface area contributed by atoms with Crippen LogP contribution in [-0.4, -0.2) is 5.78 Å². The maximum Gasteiger partial charge on any atom is 0.167 e. The summed E-state index contributed by atoms with van der Waals surface area (Å²) in [5.41, 5.74) is 1.09. The van der Waals surface area contributed by atoms with E-state index in [0.29, 0.717) is 10.6 Å². The van der Waals surface area contributed by atoms with Crippen LogP contribution in [0.4, 0.5) is 4.39 Å². The molecule has 2 aromatic carbocycles. The molecule has 0 radical (unpaired) electrons. The molecule has 4 heteroatoms. The van der Waals surface area contributed by atoms with E-state index in [1.807, 2.05) is 6.07 Å². The highest BCUT2D eigenvalue weighted by atomic mass is 79.9. The highest BCUT2D eigenvalue weighted by Crippen LogP contribution is 2.22. The predicted octanol–water partition coefficient (Wildman–Crippen LogP) is 4.67. The van der Waals surface area contributed by atoms with Gasteiger partial charge in [0.2, 0.25) is 0 Å². The van der Waals surface area contributed by atoms with Gasteiger partial charge in [-0.1, -0.05) is 45.7 Å². The Bertz CT molecular complexity index is 598. The monoisotopic (exact) mass is 326 g/mol. The van der Waals surface area contributed by atoms with Crippen LogP contribution >= 0.6 is 27.5 Å². The fourth-order valence-electron chi connectivity index (χ4n) is 1.60. The molecule has 0 atom stereocenters. The molecular weight excluding hydrogens is 319 g/mol. The molecule has 2 aromatic rings. The average Bonchev–Trinajstić information content (AvgIpc) is 2.32. The lowest BCUT2D eigenvalue weighted by atomic mass is 10.0. The van der Waals surface area contributed by atoms with E-state index < -0.39 is 5.82 Å². The van der Waals surface area contributed by atoms with Gasteiger partial charge in [0.15, 0.2) is 5.78 Å². The van der Waals surface area contributed by atoms with Crippen molar-refractivity contribution in [2.45, 2.75) is 6.42 Å². The van der Waals surface area contributed by atoms with Crippen molar-refractivity contribution in [1.82, 2.24) is 0 Å². The van der Waals surface area contributed by atoms with Gasteiger partial charge in [-0.05, 0) is 29.8 Å². The summed E-state index contributed by atoms with van der Waals surface area (Å²) in [6.07, 6.45) is 0.162. The third-order valence-corrected chi connectivity index (χ3v) is 3.36. The van der Waals surface area contributed by atoms with Crippen LogP contribution < -0.4 is 0 Å². The zero-order valence-electron chi connectivity index (χ0n) is 9.29. The molecule has 1 nitrogen and oxygen atoms in total. The first kappa shape index (κ1) is 13.2. The summed E-state index contributed by atoms with van der Waals surface area (Å²) in [6, 6.07) is 11.0. The van der Waals surface area contributed by atoms with Crippen LogP contribution in [0.25, 0.3) is 0 Å². The van der Waals surface area contributed by atoms with Gasteiger partial charge >= 0.3 is 0 Å². The first-order valence-corrected chi connectivity index (χ1v) is 6.46. The highest BCUT2D eigenvalue weighted by molar-refractivity contribution is 9.10. The largest absolute Gasteiger partial charge is 0.294 e. The summed E-state index contributed by atoms with van der Waals surface area (Å²) in [5, 5.41) is 0.522. The van der Waals surface area contributed by atoms with Crippen LogP contribution in [0.1, 0.15) is 15.9 Å². The number of rotatable bonds is 3. The SMILES string of the molecule is O=C(Cc1ccc(Br)cc1Cl)c1cccc(F)c1. The predicted molar refractivity (Wildman–Crippen MR) is 73.6 cm³/mol. The first-order chi connectivity index (χ1) is 8.56. The van der Waals surface area contributed by atoms with Gasteiger partial charge in [0.25, 0.3) is 0 Å². The van der Waals surface area contributed by atoms with Crippen molar-refractivity contribution in [1.29, 1.82) is 0 Å². The van der Waals surface area contributed by atoms with Gasteiger partial charge in [-0.25, -0.2) is 4.39 Å². The molecule has 0 saturated carbocycles. The van der Waals surface area contributed by atoms with Crippen molar-refractivity contribution in [2.75, 3.05) is 0 Å². The van der Waals surface area contributed by atoms with E-state index in [0.717, 1.165) is 10.0 Å². The minimum atomic E-state index is -0.414. The van der Waals surface area contributed by atoms with Gasteiger partial charge in [-0.2, -0.15) is 0 Å². The van der Waals surface area contributed by atoms with Crippen LogP contribution in [0.2, 0.25) is 5.02 Å². The van der Waals surface area contributed by atoms with Gasteiger partial charge in [0, 0.05) is 21.5 Å². The second-order valence-corrected chi connectivity index (χ2v) is 5.17. The van der Waals surface area contributed by atoms with Crippen LogP contribution in [0.3, 0.4) is 0 Å². The Balaban J connectivity index is 2.21. The summed E-state index contributed by atoms with van der Waals surface area (Å²) < 4.78 is 13.9. The quantitative estimate of drug-likeness (QED) is 0.749. The maximum atomic E-state index is 13.0. The van der Waals surface area contributed by atoms with Crippen molar-refractivity contribution in [3.63, 3.8) is 0 Å². The maximum absolute atomic E-state index is 13.0. The Morgan fingerprint density at radius 3 is 2.67 bits per heavy atom. The summed E-state index contributed by atoms with van der Waals surface area (Å²) in [6.45, 7) is 0. The topological polar surface area (TPSA) is 17.1 Å². The molecule has 0 saturated heterocycles. The Kier molecular flexibility index (Phi) is 4.15. The number of Topliss-reactive ketones (excluding diaryl/α,β-unsaturated/α-hetero) is 1. The van der Waals surface area contributed by atoms with E-state index in [4.69, 9.17) is 11.6 Å². The van der Waals surface area contributed by atoms with Gasteiger partial charge in [0.05, 0.1) is 0 Å². The Hall–Kier alpha value is -1.19. The third kappa shape index (κ3) is 3.18. The molecule has 92 valence electrons. The summed E-state index contributed by atoms with van der Waals surface area (Å²) in [7, 11) is 0. The molecule has 0 fully saturated rings. The van der Waals surface area contributed by atoms with E-state index in [1.54, 1.807) is 18.2 Å². The van der Waals surface area contributed by atoms with Crippen molar-refractivity contribution >= 4 is 33.3 Å². The molecule has 0 spiro atoms. The first-order valence-electron chi connectivity index (χ1n) is 5.29. The van der Waals surface area contributed by atoms with E-state index in [1.165, 1.54) is 18.2 Å². The number of hydrogen-bond donors (Lipinski definition) is 0. The third-order valence-electron chi connectivity index (χ3n) is 2.51. The molecule has 0 amide bonds. The molecule has 0 aromatic heterocycles. The summed E-state index contributed by atoms with van der Waals surface area (Å²) >= 11 is 9.33. The van der Waals surface area contributed by atoms with Gasteiger partial charge < -0.3 is 0 Å². The highest BCUT2D eigenvalue weighted by Gasteiger charge is 2.10. The van der Waals surface area contributed by atoms with Crippen LogP contribution in [0, 0.1) is 5.82 Å². The lowest BCUT2D eigenvalue weighted by Gasteiger charge is -2.04. The molecule has 0 unspecified atom stereocenters. The molecule has 0 aliphatic rings. The molecule has 18 heavy (non-hydrogen) atoms. The van der Waals surface area contributed by atoms with Crippen LogP contribution in [-0.2, 0) is 6.42 Å². The van der Waals surface area contributed by atoms with E-state index in [-0.39, 0.29) is 12.2 Å². The number of benzene rings is 2. The molecule has 0 bridgehead atoms. The average molecular weight is 328 g/mol. The Labute approximate surface area is 118 Å². The lowest BCUT2D eigenvalue weighted by Crippen LogP contribution is -2.04.